The first kappa shape index (κ1) is 13.6. The first-order valence-electron chi connectivity index (χ1n) is 5.07. The van der Waals surface area contributed by atoms with E-state index in [2.05, 4.69) is 9.98 Å². The van der Waals surface area contributed by atoms with Crippen LogP contribution in [0.15, 0.2) is 17.3 Å². The molecule has 0 N–H and O–H groups in total. The molecule has 0 aliphatic carbocycles. The zero-order chi connectivity index (χ0) is 12.0. The Morgan fingerprint density at radius 3 is 3.00 bits per heavy atom. The quantitative estimate of drug-likeness (QED) is 0.401. The number of aryl methyl sites for hydroxylation is 1. The fourth-order valence-electron chi connectivity index (χ4n) is 1.45. The second kappa shape index (κ2) is 5.05. The van der Waals surface area contributed by atoms with Crippen molar-refractivity contribution in [3.8, 4) is 0 Å². The molecule has 1 unspecified atom stereocenters. The fourth-order valence-corrected chi connectivity index (χ4v) is 1.45. The van der Waals surface area contributed by atoms with Crippen LogP contribution in [-0.2, 0) is 9.31 Å². The van der Waals surface area contributed by atoms with Gasteiger partial charge in [-0.05, 0) is 13.0 Å². The maximum atomic E-state index is 10.7. The Bertz CT molecular complexity index is 535. The van der Waals surface area contributed by atoms with Gasteiger partial charge in [0.25, 0.3) is 0 Å². The van der Waals surface area contributed by atoms with Crippen molar-refractivity contribution in [2.45, 2.75) is 12.8 Å². The number of nitrogens with zero attached hydrogens (tertiary/aromatic N) is 2. The number of carbonyl (C=O) groups is 1. The maximum Gasteiger partial charge on any atom is 1.00 e. The molecular weight excluding hydrogens is 245 g/mol. The molecule has 3 heterocycles. The molecule has 1 aromatic heterocycles. The largest absolute Gasteiger partial charge is 1.00 e. The molecule has 2 saturated heterocycles. The summed E-state index contributed by atoms with van der Waals surface area (Å²) in [5.74, 6) is -0.735. The van der Waals surface area contributed by atoms with Gasteiger partial charge in [-0.3, -0.25) is 4.98 Å². The minimum atomic E-state index is -1.27. The number of carboxylic acid groups (broad SMARTS) is 1. The van der Waals surface area contributed by atoms with Crippen molar-refractivity contribution in [3.63, 3.8) is 0 Å². The van der Waals surface area contributed by atoms with E-state index in [9.17, 15) is 9.90 Å². The van der Waals surface area contributed by atoms with Crippen LogP contribution in [0.3, 0.4) is 0 Å². The van der Waals surface area contributed by atoms with Crippen LogP contribution in [0.5, 0.6) is 0 Å². The van der Waals surface area contributed by atoms with E-state index in [4.69, 9.17) is 9.31 Å². The monoisotopic (exact) mass is 251 g/mol. The SMILES string of the molecule is Cc1ncc(C(=O)[O-])cc1N=C1OB1C1[B]O1.[Na+]. The molecular formula is C9H6B2N2NaO4. The number of pyridine rings is 1. The zero-order valence-corrected chi connectivity index (χ0v) is 11.9. The average molecular weight is 251 g/mol. The number of carboxylic acids is 1. The summed E-state index contributed by atoms with van der Waals surface area (Å²) in [5, 5.41) is 10.7. The number of aromatic carboxylic acids is 1. The summed E-state index contributed by atoms with van der Waals surface area (Å²) in [6.45, 7) is 1.62. The minimum Gasteiger partial charge on any atom is -0.545 e. The van der Waals surface area contributed by atoms with E-state index >= 15 is 0 Å². The van der Waals surface area contributed by atoms with E-state index in [-0.39, 0.29) is 47.9 Å². The normalized spacial score (nSPS) is 21.7. The average Bonchev–Trinajstić information content (AvgIpc) is 3.12. The van der Waals surface area contributed by atoms with Gasteiger partial charge in [0.1, 0.15) is 0 Å². The summed E-state index contributed by atoms with van der Waals surface area (Å²) in [7, 11) is 1.66. The molecule has 83 valence electrons. The van der Waals surface area contributed by atoms with Gasteiger partial charge in [-0.1, -0.05) is 0 Å². The van der Waals surface area contributed by atoms with Gasteiger partial charge in [0.05, 0.1) is 23.3 Å². The van der Waals surface area contributed by atoms with Crippen molar-refractivity contribution in [2.24, 2.45) is 4.99 Å². The summed E-state index contributed by atoms with van der Waals surface area (Å²) in [6.07, 6.45) is 1.25. The standard InChI is InChI=1S/C9H7B2N2O4.Na/c1-4-6(2-5(3-12-4)7(14)15)13-9-11(17-9)8-10-16-8;/h2-3,8H,1H3,(H,14,15);/q;+1/p-1. The Balaban J connectivity index is 0.00000120. The number of aromatic nitrogens is 1. The smallest absolute Gasteiger partial charge is 0.545 e. The van der Waals surface area contributed by atoms with Gasteiger partial charge in [-0.2, -0.15) is 0 Å². The van der Waals surface area contributed by atoms with E-state index in [1.807, 2.05) is 0 Å². The zero-order valence-electron chi connectivity index (χ0n) is 9.91. The van der Waals surface area contributed by atoms with Gasteiger partial charge in [0.2, 0.25) is 0 Å². The molecule has 1 radical (unpaired) electrons. The van der Waals surface area contributed by atoms with Crippen LogP contribution in [0.1, 0.15) is 16.1 Å². The van der Waals surface area contributed by atoms with Crippen LogP contribution in [-0.4, -0.2) is 37.1 Å². The number of aliphatic imine (C=N–C) groups is 1. The van der Waals surface area contributed by atoms with E-state index in [0.29, 0.717) is 17.2 Å². The molecule has 18 heavy (non-hydrogen) atoms. The van der Waals surface area contributed by atoms with E-state index < -0.39 is 5.97 Å². The van der Waals surface area contributed by atoms with E-state index in [1.54, 1.807) is 14.4 Å². The maximum absolute atomic E-state index is 10.7. The summed E-state index contributed by atoms with van der Waals surface area (Å²) in [5.41, 5.74) is 1.11. The number of carbonyl (C=O) groups excluding carboxylic acids is 1. The third-order valence-electron chi connectivity index (χ3n) is 2.55. The number of hydrogen-bond donors (Lipinski definition) is 0. The third kappa shape index (κ3) is 2.77. The Morgan fingerprint density at radius 2 is 2.39 bits per heavy atom. The Labute approximate surface area is 126 Å². The van der Waals surface area contributed by atoms with Crippen LogP contribution >= 0.6 is 0 Å². The van der Waals surface area contributed by atoms with Crippen LogP contribution < -0.4 is 34.7 Å². The molecule has 3 rings (SSSR count). The first-order chi connectivity index (χ1) is 8.15. The van der Waals surface area contributed by atoms with Gasteiger partial charge >= 0.3 is 44.0 Å². The van der Waals surface area contributed by atoms with Crippen LogP contribution in [0, 0.1) is 6.92 Å². The van der Waals surface area contributed by atoms with Gasteiger partial charge in [-0.25, -0.2) is 4.99 Å². The molecule has 0 aromatic carbocycles. The van der Waals surface area contributed by atoms with Crippen molar-refractivity contribution >= 4 is 31.9 Å². The molecule has 0 amide bonds. The Morgan fingerprint density at radius 1 is 1.67 bits per heavy atom. The Kier molecular flexibility index (Phi) is 3.82. The summed E-state index contributed by atoms with van der Waals surface area (Å²) >= 11 is 0. The molecule has 2 fully saturated rings. The van der Waals surface area contributed by atoms with Crippen molar-refractivity contribution in [3.05, 3.63) is 23.5 Å². The first-order valence-corrected chi connectivity index (χ1v) is 5.07. The van der Waals surface area contributed by atoms with Gasteiger partial charge in [0, 0.05) is 11.8 Å². The predicted molar refractivity (Wildman–Crippen MR) is 57.9 cm³/mol. The second-order valence-electron chi connectivity index (χ2n) is 3.84. The van der Waals surface area contributed by atoms with Crippen LogP contribution in [0.4, 0.5) is 5.69 Å². The second-order valence-corrected chi connectivity index (χ2v) is 3.84. The molecule has 9 heteroatoms. The number of rotatable bonds is 3. The fraction of sp³-hybridized carbons (Fsp3) is 0.222. The summed E-state index contributed by atoms with van der Waals surface area (Å²) < 4.78 is 10.1. The van der Waals surface area contributed by atoms with Gasteiger partial charge in [-0.15, -0.1) is 0 Å². The van der Waals surface area contributed by atoms with Crippen molar-refractivity contribution < 1.29 is 48.8 Å². The third-order valence-corrected chi connectivity index (χ3v) is 2.55. The van der Waals surface area contributed by atoms with Crippen LogP contribution in [0.2, 0.25) is 0 Å². The minimum absolute atomic E-state index is 0. The Hall–Kier alpha value is -0.820. The van der Waals surface area contributed by atoms with Crippen molar-refractivity contribution in [1.29, 1.82) is 0 Å². The molecule has 1 atom stereocenters. The molecule has 0 spiro atoms. The molecule has 6 nitrogen and oxygen atoms in total. The van der Waals surface area contributed by atoms with Gasteiger partial charge < -0.3 is 19.2 Å². The summed E-state index contributed by atoms with van der Waals surface area (Å²) in [6, 6.07) is 1.42. The molecule has 0 bridgehead atoms. The molecule has 2 aliphatic rings. The van der Waals surface area contributed by atoms with Crippen molar-refractivity contribution in [2.75, 3.05) is 0 Å². The molecule has 2 aliphatic heterocycles. The predicted octanol–water partition coefficient (Wildman–Crippen LogP) is -4.14. The van der Waals surface area contributed by atoms with Crippen molar-refractivity contribution in [1.82, 2.24) is 4.98 Å². The van der Waals surface area contributed by atoms with E-state index in [0.717, 1.165) is 0 Å². The van der Waals surface area contributed by atoms with Gasteiger partial charge in [0.15, 0.2) is 5.80 Å². The molecule has 1 aromatic rings. The number of hydrogen-bond acceptors (Lipinski definition) is 6. The topological polar surface area (TPSA) is 90.4 Å². The summed E-state index contributed by atoms with van der Waals surface area (Å²) in [4.78, 5) is 18.8. The molecule has 0 saturated carbocycles. The van der Waals surface area contributed by atoms with Crippen LogP contribution in [0.25, 0.3) is 0 Å². The van der Waals surface area contributed by atoms with E-state index in [1.165, 1.54) is 12.3 Å².